The van der Waals surface area contributed by atoms with E-state index in [0.717, 1.165) is 61.0 Å². The van der Waals surface area contributed by atoms with Crippen molar-refractivity contribution < 1.29 is 4.74 Å². The van der Waals surface area contributed by atoms with Gasteiger partial charge in [0.2, 0.25) is 0 Å². The van der Waals surface area contributed by atoms with Crippen LogP contribution in [0.25, 0.3) is 0 Å². The molecule has 1 aliphatic heterocycles. The first-order valence-electron chi connectivity index (χ1n) is 11.7. The van der Waals surface area contributed by atoms with Gasteiger partial charge in [-0.05, 0) is 85.5 Å². The van der Waals surface area contributed by atoms with E-state index in [-0.39, 0.29) is 0 Å². The van der Waals surface area contributed by atoms with Crippen molar-refractivity contribution in [3.8, 4) is 0 Å². The fraction of sp³-hybridized carbons (Fsp3) is 0.333. The van der Waals surface area contributed by atoms with Crippen LogP contribution in [-0.2, 0) is 11.2 Å². The number of anilines is 1. The van der Waals surface area contributed by atoms with E-state index in [1.165, 1.54) is 24.1 Å². The maximum absolute atomic E-state index is 5.42. The van der Waals surface area contributed by atoms with Gasteiger partial charge in [0.1, 0.15) is 0 Å². The van der Waals surface area contributed by atoms with Crippen LogP contribution in [0.2, 0.25) is 0 Å². The maximum Gasteiger partial charge on any atom is 0.0887 e. The molecule has 0 spiro atoms. The second-order valence-electron chi connectivity index (χ2n) is 8.26. The molecule has 0 aliphatic carbocycles. The Kier molecular flexibility index (Phi) is 7.93. The van der Waals surface area contributed by atoms with Gasteiger partial charge in [-0.2, -0.15) is 20.5 Å². The van der Waals surface area contributed by atoms with Gasteiger partial charge < -0.3 is 9.64 Å². The van der Waals surface area contributed by atoms with Gasteiger partial charge >= 0.3 is 0 Å². The van der Waals surface area contributed by atoms with E-state index in [1.54, 1.807) is 0 Å². The Morgan fingerprint density at radius 3 is 2.03 bits per heavy atom. The Balaban J connectivity index is 1.37. The van der Waals surface area contributed by atoms with Gasteiger partial charge in [0.25, 0.3) is 0 Å². The van der Waals surface area contributed by atoms with Gasteiger partial charge in [-0.15, -0.1) is 0 Å². The molecule has 0 aromatic heterocycles. The summed E-state index contributed by atoms with van der Waals surface area (Å²) in [6, 6.07) is 22.3. The van der Waals surface area contributed by atoms with Crippen molar-refractivity contribution >= 4 is 28.4 Å². The molecule has 6 nitrogen and oxygen atoms in total. The number of morpholine rings is 1. The van der Waals surface area contributed by atoms with Crippen molar-refractivity contribution in [1.29, 1.82) is 0 Å². The lowest BCUT2D eigenvalue weighted by molar-refractivity contribution is 0.122. The molecule has 1 aliphatic rings. The third-order valence-corrected chi connectivity index (χ3v) is 5.72. The molecule has 0 saturated carbocycles. The third-order valence-electron chi connectivity index (χ3n) is 5.72. The Morgan fingerprint density at radius 1 is 0.758 bits per heavy atom. The number of ether oxygens (including phenoxy) is 1. The number of azo groups is 2. The molecule has 0 atom stereocenters. The van der Waals surface area contributed by atoms with E-state index in [9.17, 15) is 0 Å². The molecule has 0 amide bonds. The lowest BCUT2D eigenvalue weighted by Crippen LogP contribution is -2.36. The van der Waals surface area contributed by atoms with Crippen LogP contribution in [0.5, 0.6) is 0 Å². The number of aryl methyl sites for hydroxylation is 2. The largest absolute Gasteiger partial charge is 0.378 e. The summed E-state index contributed by atoms with van der Waals surface area (Å²) < 4.78 is 5.42. The van der Waals surface area contributed by atoms with Crippen molar-refractivity contribution in [2.24, 2.45) is 20.5 Å². The van der Waals surface area contributed by atoms with Crippen molar-refractivity contribution in [2.45, 2.75) is 33.1 Å². The Labute approximate surface area is 196 Å². The molecular formula is C27H31N5O. The molecule has 3 aromatic rings. The molecule has 0 N–H and O–H groups in total. The van der Waals surface area contributed by atoms with Crippen LogP contribution in [0.15, 0.2) is 87.2 Å². The second-order valence-corrected chi connectivity index (χ2v) is 8.26. The Hall–Kier alpha value is -3.38. The first kappa shape index (κ1) is 22.8. The van der Waals surface area contributed by atoms with Crippen LogP contribution in [0.4, 0.5) is 28.4 Å². The minimum atomic E-state index is 0.779. The fourth-order valence-corrected chi connectivity index (χ4v) is 3.70. The zero-order valence-corrected chi connectivity index (χ0v) is 19.4. The summed E-state index contributed by atoms with van der Waals surface area (Å²) in [5.74, 6) is 0. The minimum absolute atomic E-state index is 0.779. The van der Waals surface area contributed by atoms with Gasteiger partial charge in [0, 0.05) is 18.8 Å². The van der Waals surface area contributed by atoms with E-state index in [2.05, 4.69) is 56.5 Å². The molecule has 0 radical (unpaired) electrons. The number of hydrogen-bond acceptors (Lipinski definition) is 6. The minimum Gasteiger partial charge on any atom is -0.378 e. The van der Waals surface area contributed by atoms with E-state index in [4.69, 9.17) is 4.74 Å². The SMILES string of the molecule is CCCCc1ccc(N=Nc2ccc(N=Nc3ccc(N4CCOCC4)cc3)cc2C)cc1. The molecule has 0 unspecified atom stereocenters. The highest BCUT2D eigenvalue weighted by atomic mass is 16.5. The number of benzene rings is 3. The smallest absolute Gasteiger partial charge is 0.0887 e. The van der Waals surface area contributed by atoms with Gasteiger partial charge in [0.15, 0.2) is 0 Å². The number of hydrogen-bond donors (Lipinski definition) is 0. The van der Waals surface area contributed by atoms with Gasteiger partial charge in [-0.25, -0.2) is 0 Å². The normalized spacial score (nSPS) is 14.4. The van der Waals surface area contributed by atoms with E-state index in [0.29, 0.717) is 0 Å². The van der Waals surface area contributed by atoms with Gasteiger partial charge in [-0.3, -0.25) is 0 Å². The summed E-state index contributed by atoms with van der Waals surface area (Å²) in [5.41, 5.74) is 6.87. The first-order valence-corrected chi connectivity index (χ1v) is 11.7. The molecule has 1 heterocycles. The summed E-state index contributed by atoms with van der Waals surface area (Å²) in [4.78, 5) is 2.32. The van der Waals surface area contributed by atoms with Crippen molar-refractivity contribution in [2.75, 3.05) is 31.2 Å². The van der Waals surface area contributed by atoms with E-state index >= 15 is 0 Å². The standard InChI is InChI=1S/C27H31N5O/c1-3-4-5-22-6-8-23(9-7-22)29-31-27-15-12-25(20-21(27)2)30-28-24-10-13-26(14-11-24)32-16-18-33-19-17-32/h6-15,20H,3-5,16-19H2,1-2H3. The summed E-state index contributed by atoms with van der Waals surface area (Å²) >= 11 is 0. The topological polar surface area (TPSA) is 61.9 Å². The summed E-state index contributed by atoms with van der Waals surface area (Å²) in [6.45, 7) is 7.63. The van der Waals surface area contributed by atoms with Crippen LogP contribution < -0.4 is 4.90 Å². The molecule has 1 saturated heterocycles. The highest BCUT2D eigenvalue weighted by molar-refractivity contribution is 5.55. The van der Waals surface area contributed by atoms with Crippen LogP contribution in [0.1, 0.15) is 30.9 Å². The fourth-order valence-electron chi connectivity index (χ4n) is 3.70. The quantitative estimate of drug-likeness (QED) is 0.332. The first-order chi connectivity index (χ1) is 16.2. The van der Waals surface area contributed by atoms with Gasteiger partial charge in [-0.1, -0.05) is 25.5 Å². The molecule has 3 aromatic carbocycles. The highest BCUT2D eigenvalue weighted by Crippen LogP contribution is 2.28. The second kappa shape index (κ2) is 11.5. The zero-order valence-electron chi connectivity index (χ0n) is 19.4. The van der Waals surface area contributed by atoms with Crippen LogP contribution in [-0.4, -0.2) is 26.3 Å². The van der Waals surface area contributed by atoms with E-state index < -0.39 is 0 Å². The average molecular weight is 442 g/mol. The van der Waals surface area contributed by atoms with Crippen molar-refractivity contribution in [1.82, 2.24) is 0 Å². The summed E-state index contributed by atoms with van der Waals surface area (Å²) in [5, 5.41) is 17.6. The summed E-state index contributed by atoms with van der Waals surface area (Å²) in [7, 11) is 0. The highest BCUT2D eigenvalue weighted by Gasteiger charge is 2.10. The summed E-state index contributed by atoms with van der Waals surface area (Å²) in [6.07, 6.45) is 3.53. The van der Waals surface area contributed by atoms with Crippen LogP contribution >= 0.6 is 0 Å². The third kappa shape index (κ3) is 6.56. The van der Waals surface area contributed by atoms with Crippen molar-refractivity contribution in [3.05, 3.63) is 77.9 Å². The van der Waals surface area contributed by atoms with Crippen LogP contribution in [0.3, 0.4) is 0 Å². The number of unbranched alkanes of at least 4 members (excludes halogenated alkanes) is 1. The molecule has 6 heteroatoms. The lowest BCUT2D eigenvalue weighted by atomic mass is 10.1. The molecule has 0 bridgehead atoms. The predicted molar refractivity (Wildman–Crippen MR) is 134 cm³/mol. The maximum atomic E-state index is 5.42. The van der Waals surface area contributed by atoms with E-state index in [1.807, 2.05) is 49.4 Å². The lowest BCUT2D eigenvalue weighted by Gasteiger charge is -2.28. The molecule has 170 valence electrons. The monoisotopic (exact) mass is 441 g/mol. The molecule has 33 heavy (non-hydrogen) atoms. The molecular weight excluding hydrogens is 410 g/mol. The van der Waals surface area contributed by atoms with Gasteiger partial charge in [0.05, 0.1) is 36.0 Å². The number of nitrogens with zero attached hydrogens (tertiary/aromatic N) is 5. The predicted octanol–water partition coefficient (Wildman–Crippen LogP) is 8.01. The molecule has 4 rings (SSSR count). The Bertz CT molecular complexity index is 1080. The number of rotatable bonds is 8. The average Bonchev–Trinajstić information content (AvgIpc) is 2.87. The van der Waals surface area contributed by atoms with Crippen LogP contribution in [0, 0.1) is 6.92 Å². The van der Waals surface area contributed by atoms with Crippen molar-refractivity contribution in [3.63, 3.8) is 0 Å². The molecule has 1 fully saturated rings. The zero-order chi connectivity index (χ0) is 22.9. The Morgan fingerprint density at radius 2 is 1.36 bits per heavy atom.